The number of nitrogens with one attached hydrogen (secondary N) is 1. The molecule has 6 heteroatoms. The minimum atomic E-state index is -0.778. The van der Waals surface area contributed by atoms with Crippen LogP contribution in [0.15, 0.2) is 18.2 Å². The largest absolute Gasteiger partial charge is 0.381 e. The van der Waals surface area contributed by atoms with Crippen LogP contribution in [0.25, 0.3) is 11.3 Å². The van der Waals surface area contributed by atoms with Crippen LogP contribution in [0.5, 0.6) is 0 Å². The molecule has 2 rings (SSSR count). The topological polar surface area (TPSA) is 78.5 Å². The summed E-state index contributed by atoms with van der Waals surface area (Å²) in [6.07, 6.45) is 0. The number of nitrogens with two attached hydrogens (primary N) is 1. The molecule has 0 saturated carbocycles. The molecule has 0 aliphatic carbocycles. The first-order valence-corrected chi connectivity index (χ1v) is 4.33. The van der Waals surface area contributed by atoms with Crippen molar-refractivity contribution < 1.29 is 8.78 Å². The molecule has 1 aromatic heterocycles. The third-order valence-electron chi connectivity index (χ3n) is 2.11. The SMILES string of the molecule is N#Cc1c(N)n[nH]c1-c1ccc(F)cc1F. The number of H-pyrrole nitrogens is 1. The first kappa shape index (κ1) is 10.1. The number of nitrogen functional groups attached to an aromatic ring is 1. The Kier molecular flexibility index (Phi) is 2.29. The van der Waals surface area contributed by atoms with E-state index >= 15 is 0 Å². The van der Waals surface area contributed by atoms with E-state index in [1.165, 1.54) is 6.07 Å². The van der Waals surface area contributed by atoms with Gasteiger partial charge < -0.3 is 5.73 Å². The van der Waals surface area contributed by atoms with Crippen LogP contribution in [-0.4, -0.2) is 10.2 Å². The molecule has 0 fully saturated rings. The molecule has 1 aromatic carbocycles. The molecule has 0 spiro atoms. The van der Waals surface area contributed by atoms with Crippen molar-refractivity contribution in [3.8, 4) is 17.3 Å². The first-order chi connectivity index (χ1) is 7.63. The highest BCUT2D eigenvalue weighted by atomic mass is 19.1. The second-order valence-electron chi connectivity index (χ2n) is 3.09. The Morgan fingerprint density at radius 1 is 1.38 bits per heavy atom. The van der Waals surface area contributed by atoms with Crippen LogP contribution < -0.4 is 5.73 Å². The van der Waals surface area contributed by atoms with E-state index in [4.69, 9.17) is 11.0 Å². The lowest BCUT2D eigenvalue weighted by atomic mass is 10.1. The highest BCUT2D eigenvalue weighted by molar-refractivity contribution is 5.72. The van der Waals surface area contributed by atoms with Crippen molar-refractivity contribution in [1.29, 1.82) is 5.26 Å². The highest BCUT2D eigenvalue weighted by Crippen LogP contribution is 2.27. The molecule has 4 nitrogen and oxygen atoms in total. The number of nitriles is 1. The summed E-state index contributed by atoms with van der Waals surface area (Å²) in [6, 6.07) is 4.85. The van der Waals surface area contributed by atoms with Crippen LogP contribution in [0.2, 0.25) is 0 Å². The van der Waals surface area contributed by atoms with Crippen LogP contribution in [0, 0.1) is 23.0 Å². The van der Waals surface area contributed by atoms with E-state index < -0.39 is 11.6 Å². The third-order valence-corrected chi connectivity index (χ3v) is 2.11. The van der Waals surface area contributed by atoms with E-state index in [-0.39, 0.29) is 22.6 Å². The molecule has 3 N–H and O–H groups in total. The van der Waals surface area contributed by atoms with E-state index in [0.717, 1.165) is 12.1 Å². The Bertz CT molecular complexity index is 583. The molecular weight excluding hydrogens is 214 g/mol. The summed E-state index contributed by atoms with van der Waals surface area (Å²) < 4.78 is 26.1. The van der Waals surface area contributed by atoms with Crippen molar-refractivity contribution in [2.24, 2.45) is 0 Å². The molecule has 0 saturated heterocycles. The zero-order valence-corrected chi connectivity index (χ0v) is 7.96. The summed E-state index contributed by atoms with van der Waals surface area (Å²) in [5.41, 5.74) is 5.66. The van der Waals surface area contributed by atoms with Crippen molar-refractivity contribution in [1.82, 2.24) is 10.2 Å². The average Bonchev–Trinajstić information content (AvgIpc) is 2.59. The quantitative estimate of drug-likeness (QED) is 0.769. The number of aromatic nitrogens is 2. The summed E-state index contributed by atoms with van der Waals surface area (Å²) in [5, 5.41) is 14.8. The first-order valence-electron chi connectivity index (χ1n) is 4.33. The fraction of sp³-hybridized carbons (Fsp3) is 0. The lowest BCUT2D eigenvalue weighted by Crippen LogP contribution is -1.90. The molecular formula is C10H6F2N4. The number of aromatic amines is 1. The van der Waals surface area contributed by atoms with Crippen molar-refractivity contribution in [3.05, 3.63) is 35.4 Å². The van der Waals surface area contributed by atoms with Gasteiger partial charge in [-0.25, -0.2) is 8.78 Å². The zero-order chi connectivity index (χ0) is 11.7. The van der Waals surface area contributed by atoms with Gasteiger partial charge in [-0.3, -0.25) is 5.10 Å². The Morgan fingerprint density at radius 3 is 2.75 bits per heavy atom. The Balaban J connectivity index is 2.64. The number of anilines is 1. The Morgan fingerprint density at radius 2 is 2.12 bits per heavy atom. The van der Waals surface area contributed by atoms with Gasteiger partial charge in [0.05, 0.1) is 5.69 Å². The maximum absolute atomic E-state index is 13.4. The van der Waals surface area contributed by atoms with Crippen LogP contribution in [0.3, 0.4) is 0 Å². The van der Waals surface area contributed by atoms with Gasteiger partial charge in [0.2, 0.25) is 0 Å². The second kappa shape index (κ2) is 3.62. The summed E-state index contributed by atoms with van der Waals surface area (Å²) in [5.74, 6) is -1.48. The van der Waals surface area contributed by atoms with Gasteiger partial charge in [0.1, 0.15) is 23.3 Å². The number of nitrogens with zero attached hydrogens (tertiary/aromatic N) is 2. The van der Waals surface area contributed by atoms with Gasteiger partial charge in [-0.2, -0.15) is 10.4 Å². The molecule has 0 atom stereocenters. The monoisotopic (exact) mass is 220 g/mol. The molecule has 0 unspecified atom stereocenters. The summed E-state index contributed by atoms with van der Waals surface area (Å²) >= 11 is 0. The Labute approximate surface area is 89.3 Å². The number of hydrogen-bond donors (Lipinski definition) is 2. The molecule has 0 bridgehead atoms. The lowest BCUT2D eigenvalue weighted by Gasteiger charge is -2.00. The van der Waals surface area contributed by atoms with Gasteiger partial charge >= 0.3 is 0 Å². The third kappa shape index (κ3) is 1.48. The van der Waals surface area contributed by atoms with Crippen LogP contribution in [0.4, 0.5) is 14.6 Å². The fourth-order valence-corrected chi connectivity index (χ4v) is 1.36. The van der Waals surface area contributed by atoms with Gasteiger partial charge in [0.25, 0.3) is 0 Å². The van der Waals surface area contributed by atoms with E-state index in [1.807, 2.05) is 0 Å². The summed E-state index contributed by atoms with van der Waals surface area (Å²) in [7, 11) is 0. The minimum Gasteiger partial charge on any atom is -0.381 e. The van der Waals surface area contributed by atoms with Crippen LogP contribution in [-0.2, 0) is 0 Å². The molecule has 16 heavy (non-hydrogen) atoms. The van der Waals surface area contributed by atoms with Gasteiger partial charge in [0.15, 0.2) is 5.82 Å². The van der Waals surface area contributed by atoms with E-state index in [1.54, 1.807) is 6.07 Å². The van der Waals surface area contributed by atoms with Crippen molar-refractivity contribution in [2.75, 3.05) is 5.73 Å². The number of hydrogen-bond acceptors (Lipinski definition) is 3. The minimum absolute atomic E-state index is 0.0128. The molecule has 1 heterocycles. The number of benzene rings is 1. The van der Waals surface area contributed by atoms with Crippen molar-refractivity contribution >= 4 is 5.82 Å². The maximum atomic E-state index is 13.4. The van der Waals surface area contributed by atoms with Gasteiger partial charge in [-0.05, 0) is 12.1 Å². The molecule has 2 aromatic rings. The second-order valence-corrected chi connectivity index (χ2v) is 3.09. The Hall–Kier alpha value is -2.42. The number of halogens is 2. The lowest BCUT2D eigenvalue weighted by molar-refractivity contribution is 0.585. The normalized spacial score (nSPS) is 10.1. The molecule has 0 radical (unpaired) electrons. The predicted octanol–water partition coefficient (Wildman–Crippen LogP) is 1.81. The number of rotatable bonds is 1. The van der Waals surface area contributed by atoms with Crippen LogP contribution >= 0.6 is 0 Å². The van der Waals surface area contributed by atoms with E-state index in [9.17, 15) is 8.78 Å². The maximum Gasteiger partial charge on any atom is 0.163 e. The molecule has 80 valence electrons. The van der Waals surface area contributed by atoms with Gasteiger partial charge in [0, 0.05) is 11.6 Å². The smallest absolute Gasteiger partial charge is 0.163 e. The standard InChI is InChI=1S/C10H6F2N4/c11-5-1-2-6(8(12)3-5)9-7(4-13)10(14)16-15-9/h1-3H,(H3,14,15,16). The van der Waals surface area contributed by atoms with Crippen molar-refractivity contribution in [3.63, 3.8) is 0 Å². The average molecular weight is 220 g/mol. The molecule has 0 amide bonds. The van der Waals surface area contributed by atoms with E-state index in [2.05, 4.69) is 10.2 Å². The van der Waals surface area contributed by atoms with Gasteiger partial charge in [-0.15, -0.1) is 0 Å². The van der Waals surface area contributed by atoms with Gasteiger partial charge in [-0.1, -0.05) is 0 Å². The van der Waals surface area contributed by atoms with E-state index in [0.29, 0.717) is 0 Å². The zero-order valence-electron chi connectivity index (χ0n) is 7.96. The molecule has 0 aliphatic rings. The molecule has 0 aliphatic heterocycles. The summed E-state index contributed by atoms with van der Waals surface area (Å²) in [6.45, 7) is 0. The van der Waals surface area contributed by atoms with Crippen LogP contribution in [0.1, 0.15) is 5.56 Å². The van der Waals surface area contributed by atoms with Crippen molar-refractivity contribution in [2.45, 2.75) is 0 Å². The predicted molar refractivity (Wildman–Crippen MR) is 53.1 cm³/mol. The fourth-order valence-electron chi connectivity index (χ4n) is 1.36. The highest BCUT2D eigenvalue weighted by Gasteiger charge is 2.15. The summed E-state index contributed by atoms with van der Waals surface area (Å²) in [4.78, 5) is 0.